The third kappa shape index (κ3) is 3.35. The van der Waals surface area contributed by atoms with Crippen molar-refractivity contribution in [3.63, 3.8) is 0 Å². The van der Waals surface area contributed by atoms with Crippen molar-refractivity contribution < 1.29 is 4.79 Å². The van der Waals surface area contributed by atoms with Gasteiger partial charge in [0.15, 0.2) is 0 Å². The molecule has 4 nitrogen and oxygen atoms in total. The average molecular weight is 376 g/mol. The lowest BCUT2D eigenvalue weighted by atomic mass is 9.50. The molecule has 1 aromatic heterocycles. The van der Waals surface area contributed by atoms with Crippen LogP contribution in [0.2, 0.25) is 0 Å². The van der Waals surface area contributed by atoms with Crippen LogP contribution in [-0.4, -0.2) is 22.0 Å². The molecule has 0 radical (unpaired) electrons. The van der Waals surface area contributed by atoms with E-state index in [1.807, 2.05) is 25.1 Å². The van der Waals surface area contributed by atoms with E-state index in [4.69, 9.17) is 0 Å². The second-order valence-corrected chi connectivity index (χ2v) is 9.48. The van der Waals surface area contributed by atoms with Crippen LogP contribution >= 0.6 is 0 Å². The highest BCUT2D eigenvalue weighted by molar-refractivity contribution is 5.92. The van der Waals surface area contributed by atoms with Gasteiger partial charge in [0.25, 0.3) is 5.91 Å². The Balaban J connectivity index is 1.35. The monoisotopic (exact) mass is 375 g/mol. The van der Waals surface area contributed by atoms with Gasteiger partial charge in [-0.3, -0.25) is 4.79 Å². The van der Waals surface area contributed by atoms with Crippen molar-refractivity contribution in [1.82, 2.24) is 15.6 Å². The van der Waals surface area contributed by atoms with E-state index in [1.165, 1.54) is 24.8 Å². The molecule has 0 aliphatic heterocycles. The number of hydrogen-bond acceptors (Lipinski definition) is 3. The molecule has 1 amide bonds. The molecule has 4 aliphatic rings. The number of pyridine rings is 1. The van der Waals surface area contributed by atoms with E-state index < -0.39 is 0 Å². The molecule has 4 heteroatoms. The van der Waals surface area contributed by atoms with Crippen molar-refractivity contribution >= 4 is 5.91 Å². The fraction of sp³-hybridized carbons (Fsp3) is 0.500. The number of hydrogen-bond donors (Lipinski definition) is 2. The van der Waals surface area contributed by atoms with Crippen LogP contribution in [0.15, 0.2) is 48.5 Å². The number of carbonyl (C=O) groups excluding carboxylic acids is 1. The highest BCUT2D eigenvalue weighted by atomic mass is 16.2. The minimum Gasteiger partial charge on any atom is -0.345 e. The van der Waals surface area contributed by atoms with Gasteiger partial charge in [-0.25, -0.2) is 4.98 Å². The van der Waals surface area contributed by atoms with Crippen LogP contribution < -0.4 is 10.6 Å². The van der Waals surface area contributed by atoms with Gasteiger partial charge in [0, 0.05) is 23.3 Å². The molecule has 4 fully saturated rings. The molecule has 4 saturated carbocycles. The van der Waals surface area contributed by atoms with Crippen LogP contribution in [0.25, 0.3) is 0 Å². The zero-order chi connectivity index (χ0) is 19.2. The van der Waals surface area contributed by atoms with E-state index in [0.717, 1.165) is 43.3 Å². The molecular weight excluding hydrogens is 346 g/mol. The number of benzene rings is 1. The summed E-state index contributed by atoms with van der Waals surface area (Å²) in [6, 6.07) is 16.3. The third-order valence-electron chi connectivity index (χ3n) is 7.07. The molecule has 6 rings (SSSR count). The van der Waals surface area contributed by atoms with Gasteiger partial charge in [0.2, 0.25) is 0 Å². The van der Waals surface area contributed by atoms with E-state index in [1.54, 1.807) is 0 Å². The first-order valence-electron chi connectivity index (χ1n) is 10.6. The van der Waals surface area contributed by atoms with Gasteiger partial charge < -0.3 is 10.6 Å². The predicted octanol–water partition coefficient (Wildman–Crippen LogP) is 4.00. The van der Waals surface area contributed by atoms with Gasteiger partial charge in [-0.1, -0.05) is 36.4 Å². The quantitative estimate of drug-likeness (QED) is 0.830. The highest BCUT2D eigenvalue weighted by Gasteiger charge is 2.58. The SMILES string of the molecule is Cc1cccc(C(=O)NC23CC4CC(CC(NCc5ccccc5)(C4)C2)C3)n1. The average Bonchev–Trinajstić information content (AvgIpc) is 2.66. The molecule has 2 aromatic rings. The van der Waals surface area contributed by atoms with Crippen molar-refractivity contribution in [2.75, 3.05) is 0 Å². The molecule has 1 aromatic carbocycles. The number of nitrogens with one attached hydrogen (secondary N) is 2. The predicted molar refractivity (Wildman–Crippen MR) is 110 cm³/mol. The number of nitrogens with zero attached hydrogens (tertiary/aromatic N) is 1. The van der Waals surface area contributed by atoms with Crippen molar-refractivity contribution in [3.05, 3.63) is 65.5 Å². The first-order valence-corrected chi connectivity index (χ1v) is 10.6. The molecule has 2 atom stereocenters. The number of amides is 1. The molecule has 2 N–H and O–H groups in total. The van der Waals surface area contributed by atoms with Gasteiger partial charge in [0.05, 0.1) is 0 Å². The van der Waals surface area contributed by atoms with Crippen molar-refractivity contribution in [2.45, 2.75) is 63.1 Å². The number of aromatic nitrogens is 1. The highest BCUT2D eigenvalue weighted by Crippen LogP contribution is 2.57. The van der Waals surface area contributed by atoms with Gasteiger partial charge in [0.1, 0.15) is 5.69 Å². The summed E-state index contributed by atoms with van der Waals surface area (Å²) in [6.07, 6.45) is 7.10. The van der Waals surface area contributed by atoms with Crippen LogP contribution in [0.1, 0.15) is 60.3 Å². The Morgan fingerprint density at radius 1 is 1.00 bits per heavy atom. The standard InChI is InChI=1S/C24H29N3O/c1-17-6-5-9-21(26-17)22(28)27-24-13-19-10-20(14-24)12-23(11-19,16-24)25-15-18-7-3-2-4-8-18/h2-9,19-20,25H,10-16H2,1H3,(H,27,28). The Morgan fingerprint density at radius 3 is 2.43 bits per heavy atom. The Bertz CT molecular complexity index is 864. The van der Waals surface area contributed by atoms with Crippen molar-refractivity contribution in [2.24, 2.45) is 11.8 Å². The minimum absolute atomic E-state index is 0.0103. The molecule has 28 heavy (non-hydrogen) atoms. The van der Waals surface area contributed by atoms with Crippen molar-refractivity contribution in [3.8, 4) is 0 Å². The maximum absolute atomic E-state index is 13.0. The van der Waals surface area contributed by atoms with Crippen molar-refractivity contribution in [1.29, 1.82) is 0 Å². The summed E-state index contributed by atoms with van der Waals surface area (Å²) >= 11 is 0. The summed E-state index contributed by atoms with van der Waals surface area (Å²) in [7, 11) is 0. The van der Waals surface area contributed by atoms with E-state index in [9.17, 15) is 4.79 Å². The van der Waals surface area contributed by atoms with Gasteiger partial charge in [-0.15, -0.1) is 0 Å². The molecule has 2 unspecified atom stereocenters. The lowest BCUT2D eigenvalue weighted by Crippen LogP contribution is -2.69. The Kier molecular flexibility index (Phi) is 4.27. The van der Waals surface area contributed by atoms with E-state index in [2.05, 4.69) is 45.9 Å². The van der Waals surface area contributed by atoms with Gasteiger partial charge in [-0.2, -0.15) is 0 Å². The third-order valence-corrected chi connectivity index (χ3v) is 7.07. The summed E-state index contributed by atoms with van der Waals surface area (Å²) in [5, 5.41) is 7.37. The molecule has 146 valence electrons. The lowest BCUT2D eigenvalue weighted by molar-refractivity contribution is -0.0492. The number of rotatable bonds is 5. The maximum Gasteiger partial charge on any atom is 0.270 e. The zero-order valence-electron chi connectivity index (χ0n) is 16.6. The normalized spacial score (nSPS) is 33.0. The second-order valence-electron chi connectivity index (χ2n) is 9.48. The molecule has 1 heterocycles. The summed E-state index contributed by atoms with van der Waals surface area (Å²) in [5.41, 5.74) is 2.85. The second kappa shape index (κ2) is 6.70. The Morgan fingerprint density at radius 2 is 1.71 bits per heavy atom. The number of carbonyl (C=O) groups is 1. The van der Waals surface area contributed by atoms with Crippen LogP contribution in [0.5, 0.6) is 0 Å². The first kappa shape index (κ1) is 17.9. The maximum atomic E-state index is 13.0. The number of aryl methyl sites for hydroxylation is 1. The summed E-state index contributed by atoms with van der Waals surface area (Å²) in [4.78, 5) is 17.4. The molecule has 4 bridgehead atoms. The molecular formula is C24H29N3O. The fourth-order valence-corrected chi connectivity index (χ4v) is 6.48. The summed E-state index contributed by atoms with van der Waals surface area (Å²) in [5.74, 6) is 1.43. The molecule has 0 spiro atoms. The first-order chi connectivity index (χ1) is 13.5. The van der Waals surface area contributed by atoms with Crippen LogP contribution in [0, 0.1) is 18.8 Å². The van der Waals surface area contributed by atoms with Gasteiger partial charge in [-0.05, 0) is 75.0 Å². The van der Waals surface area contributed by atoms with Crippen LogP contribution in [0.3, 0.4) is 0 Å². The van der Waals surface area contributed by atoms with Crippen LogP contribution in [0.4, 0.5) is 0 Å². The Labute approximate surface area is 167 Å². The zero-order valence-corrected chi connectivity index (χ0v) is 16.6. The smallest absolute Gasteiger partial charge is 0.270 e. The summed E-state index contributed by atoms with van der Waals surface area (Å²) in [6.45, 7) is 2.84. The Hall–Kier alpha value is -2.20. The van der Waals surface area contributed by atoms with Gasteiger partial charge >= 0.3 is 0 Å². The molecule has 4 aliphatic carbocycles. The van der Waals surface area contributed by atoms with Crippen LogP contribution in [-0.2, 0) is 6.54 Å². The fourth-order valence-electron chi connectivity index (χ4n) is 6.48. The summed E-state index contributed by atoms with van der Waals surface area (Å²) < 4.78 is 0. The minimum atomic E-state index is -0.0731. The largest absolute Gasteiger partial charge is 0.345 e. The van der Waals surface area contributed by atoms with E-state index in [-0.39, 0.29) is 17.0 Å². The van der Waals surface area contributed by atoms with E-state index >= 15 is 0 Å². The molecule has 0 saturated heterocycles. The lowest BCUT2D eigenvalue weighted by Gasteiger charge is -2.62. The van der Waals surface area contributed by atoms with E-state index in [0.29, 0.717) is 5.69 Å². The topological polar surface area (TPSA) is 54.0 Å².